The Labute approximate surface area is 177 Å². The highest BCUT2D eigenvalue weighted by atomic mass is 16.3. The predicted molar refractivity (Wildman–Crippen MR) is 117 cm³/mol. The number of piperidine rings is 1. The largest absolute Gasteiger partial charge is 0.372 e. The minimum atomic E-state index is -1.69. The first kappa shape index (κ1) is 19.0. The quantitative estimate of drug-likeness (QED) is 0.671. The van der Waals surface area contributed by atoms with Crippen LogP contribution in [-0.2, 0) is 16.9 Å². The number of amides is 1. The molecule has 2 fully saturated rings. The van der Waals surface area contributed by atoms with Crippen LogP contribution in [0.25, 0.3) is 0 Å². The summed E-state index contributed by atoms with van der Waals surface area (Å²) in [4.78, 5) is 15.8. The summed E-state index contributed by atoms with van der Waals surface area (Å²) in [6.45, 7) is 2.92. The third kappa shape index (κ3) is 3.42. The van der Waals surface area contributed by atoms with Crippen LogP contribution in [-0.4, -0.2) is 35.0 Å². The number of aliphatic hydroxyl groups is 1. The van der Waals surface area contributed by atoms with Crippen molar-refractivity contribution in [3.8, 4) is 0 Å². The highest BCUT2D eigenvalue weighted by Gasteiger charge is 2.57. The molecule has 152 valence electrons. The minimum Gasteiger partial charge on any atom is -0.372 e. The molecule has 1 saturated carbocycles. The predicted octanol–water partition coefficient (Wildman–Crippen LogP) is 3.17. The average molecular weight is 399 g/mol. The van der Waals surface area contributed by atoms with Crippen LogP contribution in [0, 0.1) is 11.8 Å². The number of fused-ring (bicyclic) bond motifs is 1. The highest BCUT2D eigenvalue weighted by Crippen LogP contribution is 2.46. The van der Waals surface area contributed by atoms with Gasteiger partial charge in [-0.1, -0.05) is 91.0 Å². The first-order valence-electron chi connectivity index (χ1n) is 10.6. The molecule has 30 heavy (non-hydrogen) atoms. The van der Waals surface area contributed by atoms with Gasteiger partial charge in [-0.3, -0.25) is 9.69 Å². The van der Waals surface area contributed by atoms with Crippen molar-refractivity contribution in [2.75, 3.05) is 13.1 Å². The molecule has 0 radical (unpaired) electrons. The molecule has 1 aliphatic heterocycles. The molecule has 3 aromatic rings. The van der Waals surface area contributed by atoms with Crippen LogP contribution in [0.1, 0.15) is 16.7 Å². The zero-order chi connectivity index (χ0) is 20.6. The van der Waals surface area contributed by atoms with Crippen molar-refractivity contribution >= 4 is 5.91 Å². The van der Waals surface area contributed by atoms with Crippen molar-refractivity contribution in [3.05, 3.63) is 108 Å². The first-order chi connectivity index (χ1) is 14.7. The summed E-state index contributed by atoms with van der Waals surface area (Å²) in [6, 6.07) is 29.0. The Hall–Kier alpha value is -2.95. The second kappa shape index (κ2) is 7.71. The molecule has 2 N–H and O–H groups in total. The lowest BCUT2D eigenvalue weighted by molar-refractivity contribution is -0.137. The fourth-order valence-corrected chi connectivity index (χ4v) is 4.84. The fourth-order valence-electron chi connectivity index (χ4n) is 4.84. The van der Waals surface area contributed by atoms with Crippen LogP contribution in [0.3, 0.4) is 0 Å². The maximum absolute atomic E-state index is 13.3. The molecule has 4 nitrogen and oxygen atoms in total. The standard InChI is InChI=1S/C26H26N2O2/c29-25(26(30,20-12-6-2-7-13-20)21-14-8-3-9-15-21)27-24-22-17-28(18-23(22)24)16-19-10-4-1-5-11-19/h1-15,22-24,30H,16-18H2,(H,27,29)/t22-,23+,24?. The minimum absolute atomic E-state index is 0.142. The second-order valence-electron chi connectivity index (χ2n) is 8.45. The van der Waals surface area contributed by atoms with Crippen molar-refractivity contribution in [3.63, 3.8) is 0 Å². The molecule has 1 heterocycles. The van der Waals surface area contributed by atoms with E-state index < -0.39 is 5.60 Å². The Balaban J connectivity index is 1.28. The number of hydrogen-bond acceptors (Lipinski definition) is 3. The number of carbonyl (C=O) groups excluding carboxylic acids is 1. The van der Waals surface area contributed by atoms with E-state index in [2.05, 4.69) is 34.5 Å². The van der Waals surface area contributed by atoms with Gasteiger partial charge in [0.2, 0.25) is 0 Å². The molecule has 1 saturated heterocycles. The molecule has 3 aromatic carbocycles. The summed E-state index contributed by atoms with van der Waals surface area (Å²) in [6.07, 6.45) is 0. The zero-order valence-electron chi connectivity index (χ0n) is 16.8. The Morgan fingerprint density at radius 1 is 0.833 bits per heavy atom. The first-order valence-corrected chi connectivity index (χ1v) is 10.6. The van der Waals surface area contributed by atoms with Gasteiger partial charge in [0.15, 0.2) is 5.60 Å². The van der Waals surface area contributed by atoms with Gasteiger partial charge in [0, 0.05) is 25.7 Å². The molecule has 0 bridgehead atoms. The van der Waals surface area contributed by atoms with E-state index in [0.717, 1.165) is 19.6 Å². The number of likely N-dealkylation sites (tertiary alicyclic amines) is 1. The monoisotopic (exact) mass is 398 g/mol. The lowest BCUT2D eigenvalue weighted by Gasteiger charge is -2.29. The molecule has 3 atom stereocenters. The fraction of sp³-hybridized carbons (Fsp3) is 0.269. The highest BCUT2D eigenvalue weighted by molar-refractivity contribution is 5.90. The van der Waals surface area contributed by atoms with Gasteiger partial charge in [-0.05, 0) is 28.5 Å². The van der Waals surface area contributed by atoms with E-state index in [4.69, 9.17) is 0 Å². The molecule has 2 aliphatic rings. The summed E-state index contributed by atoms with van der Waals surface area (Å²) in [5, 5.41) is 14.7. The number of carbonyl (C=O) groups is 1. The number of rotatable bonds is 6. The summed E-state index contributed by atoms with van der Waals surface area (Å²) in [5.74, 6) is 0.593. The van der Waals surface area contributed by atoms with Crippen molar-refractivity contribution in [2.45, 2.75) is 18.2 Å². The van der Waals surface area contributed by atoms with Crippen LogP contribution < -0.4 is 5.32 Å². The van der Waals surface area contributed by atoms with E-state index in [9.17, 15) is 9.90 Å². The lowest BCUT2D eigenvalue weighted by atomic mass is 9.85. The van der Waals surface area contributed by atoms with E-state index in [-0.39, 0.29) is 11.9 Å². The van der Waals surface area contributed by atoms with Crippen LogP contribution >= 0.6 is 0 Å². The average Bonchev–Trinajstić information content (AvgIpc) is 3.24. The molecule has 1 unspecified atom stereocenters. The van der Waals surface area contributed by atoms with Gasteiger partial charge in [0.25, 0.3) is 5.91 Å². The SMILES string of the molecule is O=C(NC1[C@H]2CN(Cc3ccccc3)C[C@@H]12)C(O)(c1ccccc1)c1ccccc1. The third-order valence-electron chi connectivity index (χ3n) is 6.53. The van der Waals surface area contributed by atoms with Crippen LogP contribution in [0.15, 0.2) is 91.0 Å². The number of nitrogens with zero attached hydrogens (tertiary/aromatic N) is 1. The zero-order valence-corrected chi connectivity index (χ0v) is 16.8. The number of hydrogen-bond donors (Lipinski definition) is 2. The number of nitrogens with one attached hydrogen (secondary N) is 1. The molecule has 1 amide bonds. The molecule has 0 aromatic heterocycles. The van der Waals surface area contributed by atoms with E-state index >= 15 is 0 Å². The van der Waals surface area contributed by atoms with Gasteiger partial charge in [-0.25, -0.2) is 0 Å². The molecule has 4 heteroatoms. The summed E-state index contributed by atoms with van der Waals surface area (Å²) in [5.41, 5.74) is 0.806. The van der Waals surface area contributed by atoms with E-state index in [0.29, 0.717) is 23.0 Å². The second-order valence-corrected chi connectivity index (χ2v) is 8.45. The Bertz CT molecular complexity index is 955. The van der Waals surface area contributed by atoms with Gasteiger partial charge in [-0.2, -0.15) is 0 Å². The lowest BCUT2D eigenvalue weighted by Crippen LogP contribution is -2.47. The van der Waals surface area contributed by atoms with Crippen molar-refractivity contribution in [2.24, 2.45) is 11.8 Å². The Morgan fingerprint density at radius 2 is 1.30 bits per heavy atom. The molecule has 1 aliphatic carbocycles. The maximum Gasteiger partial charge on any atom is 0.261 e. The van der Waals surface area contributed by atoms with Crippen LogP contribution in [0.4, 0.5) is 0 Å². The third-order valence-corrected chi connectivity index (χ3v) is 6.53. The summed E-state index contributed by atoms with van der Waals surface area (Å²) >= 11 is 0. The van der Waals surface area contributed by atoms with Crippen molar-refractivity contribution < 1.29 is 9.90 Å². The topological polar surface area (TPSA) is 52.6 Å². The smallest absolute Gasteiger partial charge is 0.261 e. The number of benzene rings is 3. The summed E-state index contributed by atoms with van der Waals surface area (Å²) < 4.78 is 0. The molecular weight excluding hydrogens is 372 g/mol. The van der Waals surface area contributed by atoms with Crippen molar-refractivity contribution in [1.82, 2.24) is 10.2 Å². The van der Waals surface area contributed by atoms with E-state index in [1.165, 1.54) is 5.56 Å². The van der Waals surface area contributed by atoms with Crippen molar-refractivity contribution in [1.29, 1.82) is 0 Å². The molecular formula is C26H26N2O2. The molecule has 0 spiro atoms. The Kier molecular flexibility index (Phi) is 4.89. The van der Waals surface area contributed by atoms with Crippen LogP contribution in [0.2, 0.25) is 0 Å². The maximum atomic E-state index is 13.3. The van der Waals surface area contributed by atoms with Gasteiger partial charge in [0.05, 0.1) is 0 Å². The van der Waals surface area contributed by atoms with Gasteiger partial charge < -0.3 is 10.4 Å². The van der Waals surface area contributed by atoms with E-state index in [1.54, 1.807) is 0 Å². The van der Waals surface area contributed by atoms with Crippen LogP contribution in [0.5, 0.6) is 0 Å². The van der Waals surface area contributed by atoms with Gasteiger partial charge in [0.1, 0.15) is 0 Å². The Morgan fingerprint density at radius 3 is 1.80 bits per heavy atom. The normalized spacial score (nSPS) is 23.0. The van der Waals surface area contributed by atoms with Gasteiger partial charge in [-0.15, -0.1) is 0 Å². The molecule has 5 rings (SSSR count). The van der Waals surface area contributed by atoms with Gasteiger partial charge >= 0.3 is 0 Å². The summed E-state index contributed by atoms with van der Waals surface area (Å²) in [7, 11) is 0. The van der Waals surface area contributed by atoms with E-state index in [1.807, 2.05) is 66.7 Å².